The first kappa shape index (κ1) is 10.4. The van der Waals surface area contributed by atoms with Gasteiger partial charge in [-0.2, -0.15) is 0 Å². The van der Waals surface area contributed by atoms with Crippen molar-refractivity contribution in [3.05, 3.63) is 29.1 Å². The van der Waals surface area contributed by atoms with E-state index in [1.807, 2.05) is 0 Å². The summed E-state index contributed by atoms with van der Waals surface area (Å²) in [6.45, 7) is 3.14. The molecular weight excluding hydrogens is 204 g/mol. The summed E-state index contributed by atoms with van der Waals surface area (Å²) in [5, 5.41) is 0. The molecule has 2 aromatic rings. The summed E-state index contributed by atoms with van der Waals surface area (Å²) in [6.07, 6.45) is 2.38. The lowest BCUT2D eigenvalue weighted by molar-refractivity contribution is 0.774. The average molecular weight is 220 g/mol. The van der Waals surface area contributed by atoms with E-state index in [0.717, 1.165) is 11.3 Å². The summed E-state index contributed by atoms with van der Waals surface area (Å²) in [6, 6.07) is 8.45. The number of fused-ring (bicyclic) bond motifs is 1. The van der Waals surface area contributed by atoms with Crippen LogP contribution in [0, 0.1) is 0 Å². The van der Waals surface area contributed by atoms with Crippen molar-refractivity contribution in [2.24, 2.45) is 12.0 Å². The predicted molar refractivity (Wildman–Crippen MR) is 66.1 cm³/mol. The first-order valence-corrected chi connectivity index (χ1v) is 6.19. The van der Waals surface area contributed by atoms with Gasteiger partial charge in [-0.1, -0.05) is 36.8 Å². The molecular formula is C12H16N2S. The quantitative estimate of drug-likeness (QED) is 0.708. The van der Waals surface area contributed by atoms with Gasteiger partial charge in [0.05, 0.1) is 10.2 Å². The molecule has 0 fully saturated rings. The third kappa shape index (κ3) is 2.12. The van der Waals surface area contributed by atoms with E-state index in [0.29, 0.717) is 0 Å². The number of aryl methyl sites for hydroxylation is 1. The normalized spacial score (nSPS) is 12.5. The van der Waals surface area contributed by atoms with Gasteiger partial charge in [-0.15, -0.1) is 0 Å². The van der Waals surface area contributed by atoms with Gasteiger partial charge >= 0.3 is 0 Å². The number of hydrogen-bond donors (Lipinski definition) is 0. The lowest BCUT2D eigenvalue weighted by atomic mass is 10.3. The van der Waals surface area contributed by atoms with E-state index < -0.39 is 0 Å². The van der Waals surface area contributed by atoms with Crippen molar-refractivity contribution >= 4 is 21.6 Å². The Kier molecular flexibility index (Phi) is 3.21. The summed E-state index contributed by atoms with van der Waals surface area (Å²) in [5.74, 6) is 0. The number of nitrogens with zero attached hydrogens (tertiary/aromatic N) is 2. The lowest BCUT2D eigenvalue weighted by Gasteiger charge is -1.94. The fraction of sp³-hybridized carbons (Fsp3) is 0.417. The molecule has 2 nitrogen and oxygen atoms in total. The van der Waals surface area contributed by atoms with Crippen molar-refractivity contribution in [1.82, 2.24) is 4.57 Å². The summed E-state index contributed by atoms with van der Waals surface area (Å²) in [4.78, 5) is 5.74. The molecule has 0 aliphatic heterocycles. The SMILES string of the molecule is CCCCN=c1sc2ccccc2n1C. The van der Waals surface area contributed by atoms with Gasteiger partial charge in [-0.05, 0) is 18.6 Å². The fourth-order valence-electron chi connectivity index (χ4n) is 1.56. The van der Waals surface area contributed by atoms with Crippen LogP contribution in [0.25, 0.3) is 10.2 Å². The molecule has 0 unspecified atom stereocenters. The van der Waals surface area contributed by atoms with Gasteiger partial charge in [0.15, 0.2) is 4.80 Å². The molecule has 80 valence electrons. The number of benzene rings is 1. The zero-order valence-electron chi connectivity index (χ0n) is 9.23. The Hall–Kier alpha value is -1.09. The highest BCUT2D eigenvalue weighted by Gasteiger charge is 1.99. The summed E-state index contributed by atoms with van der Waals surface area (Å²) in [7, 11) is 2.09. The average Bonchev–Trinajstić information content (AvgIpc) is 2.57. The molecule has 1 aromatic carbocycles. The monoisotopic (exact) mass is 220 g/mol. The first-order valence-electron chi connectivity index (χ1n) is 5.38. The smallest absolute Gasteiger partial charge is 0.185 e. The van der Waals surface area contributed by atoms with Crippen molar-refractivity contribution in [1.29, 1.82) is 0 Å². The Bertz CT molecular complexity index is 508. The van der Waals surface area contributed by atoms with E-state index in [9.17, 15) is 0 Å². The van der Waals surface area contributed by atoms with Crippen molar-refractivity contribution in [2.45, 2.75) is 19.8 Å². The summed E-state index contributed by atoms with van der Waals surface area (Å²) < 4.78 is 3.49. The molecule has 3 heteroatoms. The van der Waals surface area contributed by atoms with Crippen molar-refractivity contribution in [2.75, 3.05) is 6.54 Å². The van der Waals surface area contributed by atoms with E-state index in [-0.39, 0.29) is 0 Å². The summed E-state index contributed by atoms with van der Waals surface area (Å²) in [5.41, 5.74) is 1.28. The number of para-hydroxylation sites is 1. The Morgan fingerprint density at radius 2 is 2.13 bits per heavy atom. The molecule has 0 spiro atoms. The van der Waals surface area contributed by atoms with Crippen LogP contribution in [0.1, 0.15) is 19.8 Å². The van der Waals surface area contributed by atoms with Gasteiger partial charge < -0.3 is 4.57 Å². The van der Waals surface area contributed by atoms with Crippen LogP contribution in [0.2, 0.25) is 0 Å². The second-order valence-electron chi connectivity index (χ2n) is 3.65. The second-order valence-corrected chi connectivity index (χ2v) is 4.66. The zero-order chi connectivity index (χ0) is 10.7. The van der Waals surface area contributed by atoms with Crippen LogP contribution in [0.3, 0.4) is 0 Å². The fourth-order valence-corrected chi connectivity index (χ4v) is 2.61. The van der Waals surface area contributed by atoms with Crippen LogP contribution >= 0.6 is 11.3 Å². The maximum absolute atomic E-state index is 4.61. The van der Waals surface area contributed by atoms with Crippen LogP contribution in [0.5, 0.6) is 0 Å². The van der Waals surface area contributed by atoms with E-state index in [1.165, 1.54) is 23.1 Å². The standard InChI is InChI=1S/C12H16N2S/c1-3-4-9-13-12-14(2)10-7-5-6-8-11(10)15-12/h5-8H,3-4,9H2,1-2H3. The lowest BCUT2D eigenvalue weighted by Crippen LogP contribution is -2.10. The van der Waals surface area contributed by atoms with E-state index in [1.54, 1.807) is 11.3 Å². The number of unbranched alkanes of at least 4 members (excludes halogenated alkanes) is 1. The minimum atomic E-state index is 0.942. The number of hydrogen-bond acceptors (Lipinski definition) is 2. The predicted octanol–water partition coefficient (Wildman–Crippen LogP) is 2.94. The molecule has 0 saturated carbocycles. The molecule has 0 amide bonds. The highest BCUT2D eigenvalue weighted by atomic mass is 32.1. The molecule has 1 heterocycles. The van der Waals surface area contributed by atoms with Crippen molar-refractivity contribution < 1.29 is 0 Å². The maximum Gasteiger partial charge on any atom is 0.185 e. The van der Waals surface area contributed by atoms with Crippen LogP contribution in [-0.4, -0.2) is 11.1 Å². The van der Waals surface area contributed by atoms with Crippen molar-refractivity contribution in [3.63, 3.8) is 0 Å². The van der Waals surface area contributed by atoms with E-state index >= 15 is 0 Å². The highest BCUT2D eigenvalue weighted by Crippen LogP contribution is 2.14. The van der Waals surface area contributed by atoms with Gasteiger partial charge in [-0.3, -0.25) is 4.99 Å². The van der Waals surface area contributed by atoms with Gasteiger partial charge in [0.1, 0.15) is 0 Å². The molecule has 0 bridgehead atoms. The minimum absolute atomic E-state index is 0.942. The van der Waals surface area contributed by atoms with Crippen LogP contribution < -0.4 is 4.80 Å². The number of thiazole rings is 1. The van der Waals surface area contributed by atoms with Crippen LogP contribution in [-0.2, 0) is 7.05 Å². The van der Waals surface area contributed by atoms with Gasteiger partial charge in [0.25, 0.3) is 0 Å². The van der Waals surface area contributed by atoms with Crippen molar-refractivity contribution in [3.8, 4) is 0 Å². The first-order chi connectivity index (χ1) is 7.33. The maximum atomic E-state index is 4.61. The third-order valence-corrected chi connectivity index (χ3v) is 3.62. The van der Waals surface area contributed by atoms with Gasteiger partial charge in [0, 0.05) is 13.6 Å². The van der Waals surface area contributed by atoms with Crippen LogP contribution in [0.15, 0.2) is 29.3 Å². The highest BCUT2D eigenvalue weighted by molar-refractivity contribution is 7.16. The Labute approximate surface area is 93.9 Å². The Balaban J connectivity index is 2.44. The molecule has 1 aromatic heterocycles. The molecule has 0 aliphatic rings. The zero-order valence-corrected chi connectivity index (χ0v) is 10.0. The topological polar surface area (TPSA) is 17.3 Å². The molecule has 0 saturated heterocycles. The number of aromatic nitrogens is 1. The molecule has 0 aliphatic carbocycles. The Morgan fingerprint density at radius 1 is 1.33 bits per heavy atom. The molecule has 0 atom stereocenters. The number of rotatable bonds is 3. The third-order valence-electron chi connectivity index (χ3n) is 2.47. The molecule has 0 radical (unpaired) electrons. The van der Waals surface area contributed by atoms with Gasteiger partial charge in [-0.25, -0.2) is 0 Å². The van der Waals surface area contributed by atoms with Gasteiger partial charge in [0.2, 0.25) is 0 Å². The summed E-state index contributed by atoms with van der Waals surface area (Å²) >= 11 is 1.77. The molecule has 15 heavy (non-hydrogen) atoms. The second kappa shape index (κ2) is 4.62. The van der Waals surface area contributed by atoms with E-state index in [2.05, 4.69) is 47.8 Å². The molecule has 0 N–H and O–H groups in total. The van der Waals surface area contributed by atoms with Crippen LogP contribution in [0.4, 0.5) is 0 Å². The Morgan fingerprint density at radius 3 is 2.87 bits per heavy atom. The largest absolute Gasteiger partial charge is 0.320 e. The molecule has 2 rings (SSSR count). The minimum Gasteiger partial charge on any atom is -0.320 e. The van der Waals surface area contributed by atoms with E-state index in [4.69, 9.17) is 0 Å².